The number of carboxylic acids is 1. The highest BCUT2D eigenvalue weighted by molar-refractivity contribution is 7.16. The molecule has 1 aromatic heterocycles. The molecule has 0 unspecified atom stereocenters. The van der Waals surface area contributed by atoms with Gasteiger partial charge in [-0.05, 0) is 26.3 Å². The zero-order valence-electron chi connectivity index (χ0n) is 12.1. The maximum atomic E-state index is 12.0. The molecule has 0 aliphatic rings. The highest BCUT2D eigenvalue weighted by atomic mass is 32.1. The summed E-state index contributed by atoms with van der Waals surface area (Å²) in [7, 11) is 1.64. The molecule has 0 bridgehead atoms. The lowest BCUT2D eigenvalue weighted by atomic mass is 10.1. The molecule has 0 aliphatic heterocycles. The number of nitrogens with zero attached hydrogens (tertiary/aromatic N) is 1. The van der Waals surface area contributed by atoms with Crippen molar-refractivity contribution >= 4 is 28.3 Å². The van der Waals surface area contributed by atoms with Gasteiger partial charge < -0.3 is 14.7 Å². The number of rotatable bonds is 6. The minimum atomic E-state index is -1.03. The Morgan fingerprint density at radius 1 is 1.40 bits per heavy atom. The summed E-state index contributed by atoms with van der Waals surface area (Å²) in [5.74, 6) is -1.03. The van der Waals surface area contributed by atoms with E-state index in [0.717, 1.165) is 4.88 Å². The first-order chi connectivity index (χ1) is 9.38. The van der Waals surface area contributed by atoms with E-state index in [4.69, 9.17) is 4.74 Å². The van der Waals surface area contributed by atoms with Gasteiger partial charge in [-0.15, -0.1) is 11.3 Å². The number of thiophene rings is 1. The summed E-state index contributed by atoms with van der Waals surface area (Å²) in [6.45, 7) is 6.96. The van der Waals surface area contributed by atoms with Crippen molar-refractivity contribution in [2.45, 2.75) is 20.8 Å². The maximum Gasteiger partial charge on any atom is 0.338 e. The third-order valence-electron chi connectivity index (χ3n) is 2.94. The van der Waals surface area contributed by atoms with Crippen LogP contribution < -0.4 is 5.32 Å². The number of nitrogens with one attached hydrogen (secondary N) is 1. The molecule has 0 aromatic carbocycles. The van der Waals surface area contributed by atoms with Gasteiger partial charge in [0.25, 0.3) is 0 Å². The average Bonchev–Trinajstić information content (AvgIpc) is 2.64. The van der Waals surface area contributed by atoms with Crippen molar-refractivity contribution in [3.05, 3.63) is 16.0 Å². The standard InChI is InChI=1S/C13H20N2O4S/c1-5-19-7-6-15(4)13(18)14-11-10(12(16)17)8(2)9(3)20-11/h5-7H2,1-4H3,(H,14,18)(H,16,17). The topological polar surface area (TPSA) is 78.9 Å². The van der Waals surface area contributed by atoms with Crippen molar-refractivity contribution in [1.82, 2.24) is 4.90 Å². The van der Waals surface area contributed by atoms with Gasteiger partial charge in [0.2, 0.25) is 0 Å². The summed E-state index contributed by atoms with van der Waals surface area (Å²) >= 11 is 1.27. The molecule has 7 heteroatoms. The number of carbonyl (C=O) groups excluding carboxylic acids is 1. The van der Waals surface area contributed by atoms with Crippen LogP contribution in [0.15, 0.2) is 0 Å². The summed E-state index contributed by atoms with van der Waals surface area (Å²) in [4.78, 5) is 25.6. The van der Waals surface area contributed by atoms with Gasteiger partial charge >= 0.3 is 12.0 Å². The molecule has 0 radical (unpaired) electrons. The fraction of sp³-hybridized carbons (Fsp3) is 0.538. The lowest BCUT2D eigenvalue weighted by Gasteiger charge is -2.17. The number of aryl methyl sites for hydroxylation is 1. The van der Waals surface area contributed by atoms with Gasteiger partial charge in [-0.3, -0.25) is 5.32 Å². The normalized spacial score (nSPS) is 10.4. The average molecular weight is 300 g/mol. The number of urea groups is 1. The van der Waals surface area contributed by atoms with Gasteiger partial charge in [-0.1, -0.05) is 0 Å². The first-order valence-electron chi connectivity index (χ1n) is 6.31. The second kappa shape index (κ2) is 7.25. The van der Waals surface area contributed by atoms with Crippen molar-refractivity contribution in [3.63, 3.8) is 0 Å². The van der Waals surface area contributed by atoms with E-state index in [1.54, 1.807) is 14.0 Å². The summed E-state index contributed by atoms with van der Waals surface area (Å²) in [5, 5.41) is 12.2. The monoisotopic (exact) mass is 300 g/mol. The Hall–Kier alpha value is -1.60. The van der Waals surface area contributed by atoms with Gasteiger partial charge in [0.15, 0.2) is 0 Å². The van der Waals surface area contributed by atoms with Gasteiger partial charge in [0.1, 0.15) is 5.00 Å². The third-order valence-corrected chi connectivity index (χ3v) is 4.06. The molecule has 0 saturated carbocycles. The van der Waals surface area contributed by atoms with Crippen molar-refractivity contribution in [1.29, 1.82) is 0 Å². The van der Waals surface area contributed by atoms with E-state index in [0.29, 0.717) is 30.3 Å². The Balaban J connectivity index is 2.75. The number of aromatic carboxylic acids is 1. The predicted octanol–water partition coefficient (Wildman–Crippen LogP) is 2.56. The van der Waals surface area contributed by atoms with Crippen LogP contribution in [0.3, 0.4) is 0 Å². The molecule has 1 aromatic rings. The van der Waals surface area contributed by atoms with E-state index in [-0.39, 0.29) is 11.6 Å². The number of likely N-dealkylation sites (N-methyl/N-ethyl adjacent to an activating group) is 1. The maximum absolute atomic E-state index is 12.0. The Morgan fingerprint density at radius 2 is 2.05 bits per heavy atom. The molecule has 0 spiro atoms. The molecule has 0 saturated heterocycles. The van der Waals surface area contributed by atoms with E-state index in [1.807, 2.05) is 13.8 Å². The summed E-state index contributed by atoms with van der Waals surface area (Å²) in [6.07, 6.45) is 0. The minimum absolute atomic E-state index is 0.166. The molecule has 20 heavy (non-hydrogen) atoms. The van der Waals surface area contributed by atoms with Crippen LogP contribution >= 0.6 is 11.3 Å². The van der Waals surface area contributed by atoms with Crippen LogP contribution in [0.5, 0.6) is 0 Å². The van der Waals surface area contributed by atoms with Crippen LogP contribution in [0, 0.1) is 13.8 Å². The largest absolute Gasteiger partial charge is 0.478 e. The number of anilines is 1. The van der Waals surface area contributed by atoms with Crippen LogP contribution in [-0.2, 0) is 4.74 Å². The Bertz CT molecular complexity index is 499. The molecule has 2 N–H and O–H groups in total. The van der Waals surface area contributed by atoms with Crippen LogP contribution in [0.2, 0.25) is 0 Å². The Labute approximate surface area is 122 Å². The van der Waals surface area contributed by atoms with Crippen molar-refractivity contribution in [2.24, 2.45) is 0 Å². The number of hydrogen-bond donors (Lipinski definition) is 2. The minimum Gasteiger partial charge on any atom is -0.478 e. The molecule has 1 rings (SSSR count). The van der Waals surface area contributed by atoms with Gasteiger partial charge in [0, 0.05) is 25.1 Å². The molecule has 1 heterocycles. The van der Waals surface area contributed by atoms with Crippen LogP contribution in [0.4, 0.5) is 9.80 Å². The van der Waals surface area contributed by atoms with Crippen LogP contribution in [-0.4, -0.2) is 48.8 Å². The first-order valence-corrected chi connectivity index (χ1v) is 7.13. The third kappa shape index (κ3) is 3.94. The van der Waals surface area contributed by atoms with E-state index < -0.39 is 5.97 Å². The van der Waals surface area contributed by atoms with E-state index in [9.17, 15) is 14.7 Å². The van der Waals surface area contributed by atoms with Crippen molar-refractivity contribution < 1.29 is 19.4 Å². The molecule has 112 valence electrons. The fourth-order valence-electron chi connectivity index (χ4n) is 1.61. The number of amides is 2. The quantitative estimate of drug-likeness (QED) is 0.791. The number of carboxylic acid groups (broad SMARTS) is 1. The Morgan fingerprint density at radius 3 is 2.60 bits per heavy atom. The summed E-state index contributed by atoms with van der Waals surface area (Å²) in [5.41, 5.74) is 0.855. The molecule has 0 atom stereocenters. The lowest BCUT2D eigenvalue weighted by molar-refractivity contribution is 0.0697. The number of hydrogen-bond acceptors (Lipinski definition) is 4. The number of carbonyl (C=O) groups is 2. The highest BCUT2D eigenvalue weighted by Crippen LogP contribution is 2.32. The Kier molecular flexibility index (Phi) is 5.97. The SMILES string of the molecule is CCOCCN(C)C(=O)Nc1sc(C)c(C)c1C(=O)O. The highest BCUT2D eigenvalue weighted by Gasteiger charge is 2.21. The zero-order valence-corrected chi connectivity index (χ0v) is 13.0. The van der Waals surface area contributed by atoms with Crippen molar-refractivity contribution in [2.75, 3.05) is 32.1 Å². The van der Waals surface area contributed by atoms with Gasteiger partial charge in [-0.25, -0.2) is 9.59 Å². The van der Waals surface area contributed by atoms with E-state index in [1.165, 1.54) is 16.2 Å². The number of ether oxygens (including phenoxy) is 1. The van der Waals surface area contributed by atoms with Gasteiger partial charge in [0.05, 0.1) is 12.2 Å². The predicted molar refractivity (Wildman–Crippen MR) is 78.9 cm³/mol. The van der Waals surface area contributed by atoms with Crippen LogP contribution in [0.1, 0.15) is 27.7 Å². The fourth-order valence-corrected chi connectivity index (χ4v) is 2.65. The zero-order chi connectivity index (χ0) is 15.3. The molecule has 6 nitrogen and oxygen atoms in total. The second-order valence-electron chi connectivity index (χ2n) is 4.34. The molecule has 0 fully saturated rings. The molecule has 0 aliphatic carbocycles. The van der Waals surface area contributed by atoms with E-state index in [2.05, 4.69) is 5.32 Å². The summed E-state index contributed by atoms with van der Waals surface area (Å²) in [6, 6.07) is -0.339. The summed E-state index contributed by atoms with van der Waals surface area (Å²) < 4.78 is 5.18. The second-order valence-corrected chi connectivity index (χ2v) is 5.57. The van der Waals surface area contributed by atoms with Crippen molar-refractivity contribution in [3.8, 4) is 0 Å². The smallest absolute Gasteiger partial charge is 0.338 e. The van der Waals surface area contributed by atoms with Gasteiger partial charge in [-0.2, -0.15) is 0 Å². The molecular weight excluding hydrogens is 280 g/mol. The van der Waals surface area contributed by atoms with Crippen LogP contribution in [0.25, 0.3) is 0 Å². The molecule has 2 amide bonds. The first kappa shape index (κ1) is 16.5. The lowest BCUT2D eigenvalue weighted by Crippen LogP contribution is -2.34. The van der Waals surface area contributed by atoms with E-state index >= 15 is 0 Å². The molecular formula is C13H20N2O4S.